The maximum atomic E-state index is 12.0. The number of rotatable bonds is 5. The number of ether oxygens (including phenoxy) is 1. The highest BCUT2D eigenvalue weighted by Crippen LogP contribution is 2.30. The van der Waals surface area contributed by atoms with Crippen LogP contribution in [-0.4, -0.2) is 29.3 Å². The van der Waals surface area contributed by atoms with Crippen molar-refractivity contribution in [3.8, 4) is 5.75 Å². The van der Waals surface area contributed by atoms with Crippen molar-refractivity contribution in [3.05, 3.63) is 27.7 Å². The SMILES string of the molecule is CC(Oc1ccc(Cl)cc1Br)C(=O)NCC1(O)CCCC1. The Morgan fingerprint density at radius 3 is 2.81 bits per heavy atom. The van der Waals surface area contributed by atoms with Crippen molar-refractivity contribution in [1.82, 2.24) is 5.32 Å². The van der Waals surface area contributed by atoms with Crippen LogP contribution in [0.5, 0.6) is 5.75 Å². The van der Waals surface area contributed by atoms with Gasteiger partial charge in [0.05, 0.1) is 10.1 Å². The zero-order valence-electron chi connectivity index (χ0n) is 11.9. The highest BCUT2D eigenvalue weighted by molar-refractivity contribution is 9.10. The lowest BCUT2D eigenvalue weighted by molar-refractivity contribution is -0.128. The molecule has 2 N–H and O–H groups in total. The van der Waals surface area contributed by atoms with Crippen molar-refractivity contribution < 1.29 is 14.6 Å². The molecule has 0 heterocycles. The number of benzene rings is 1. The van der Waals surface area contributed by atoms with Gasteiger partial charge in [-0.15, -0.1) is 0 Å². The Kier molecular flexibility index (Phi) is 5.52. The lowest BCUT2D eigenvalue weighted by Gasteiger charge is -2.23. The molecule has 21 heavy (non-hydrogen) atoms. The molecule has 1 amide bonds. The van der Waals surface area contributed by atoms with Crippen molar-refractivity contribution in [2.24, 2.45) is 0 Å². The standard InChI is InChI=1S/C15H19BrClNO3/c1-10(21-13-5-4-11(17)8-12(13)16)14(19)18-9-15(20)6-2-3-7-15/h4-5,8,10,20H,2-3,6-7,9H2,1H3,(H,18,19). The second-order valence-electron chi connectivity index (χ2n) is 5.48. The average Bonchev–Trinajstić information content (AvgIpc) is 2.86. The Morgan fingerprint density at radius 2 is 2.19 bits per heavy atom. The number of aliphatic hydroxyl groups is 1. The van der Waals surface area contributed by atoms with Gasteiger partial charge in [0.15, 0.2) is 6.10 Å². The van der Waals surface area contributed by atoms with Gasteiger partial charge in [0.1, 0.15) is 5.75 Å². The predicted octanol–water partition coefficient (Wildman–Crippen LogP) is 3.29. The number of carbonyl (C=O) groups excluding carboxylic acids is 1. The maximum Gasteiger partial charge on any atom is 0.260 e. The molecule has 1 fully saturated rings. The minimum absolute atomic E-state index is 0.239. The largest absolute Gasteiger partial charge is 0.480 e. The van der Waals surface area contributed by atoms with Crippen LogP contribution < -0.4 is 10.1 Å². The van der Waals surface area contributed by atoms with E-state index in [4.69, 9.17) is 16.3 Å². The van der Waals surface area contributed by atoms with Crippen molar-refractivity contribution in [3.63, 3.8) is 0 Å². The van der Waals surface area contributed by atoms with Crippen LogP contribution in [0.4, 0.5) is 0 Å². The predicted molar refractivity (Wildman–Crippen MR) is 85.7 cm³/mol. The zero-order chi connectivity index (χ0) is 15.5. The van der Waals surface area contributed by atoms with Crippen LogP contribution in [0, 0.1) is 0 Å². The summed E-state index contributed by atoms with van der Waals surface area (Å²) in [4.78, 5) is 12.0. The summed E-state index contributed by atoms with van der Waals surface area (Å²) in [5.41, 5.74) is -0.754. The van der Waals surface area contributed by atoms with Gasteiger partial charge in [-0.05, 0) is 53.9 Å². The molecule has 1 aromatic rings. The third-order valence-electron chi connectivity index (χ3n) is 3.69. The number of nitrogens with one attached hydrogen (secondary N) is 1. The van der Waals surface area contributed by atoms with Gasteiger partial charge in [-0.25, -0.2) is 0 Å². The average molecular weight is 377 g/mol. The first kappa shape index (κ1) is 16.6. The highest BCUT2D eigenvalue weighted by atomic mass is 79.9. The summed E-state index contributed by atoms with van der Waals surface area (Å²) in [5, 5.41) is 13.6. The smallest absolute Gasteiger partial charge is 0.260 e. The molecule has 0 radical (unpaired) electrons. The topological polar surface area (TPSA) is 58.6 Å². The zero-order valence-corrected chi connectivity index (χ0v) is 14.2. The summed E-state index contributed by atoms with van der Waals surface area (Å²) in [6.07, 6.45) is 2.86. The minimum Gasteiger partial charge on any atom is -0.480 e. The van der Waals surface area contributed by atoms with E-state index in [2.05, 4.69) is 21.2 Å². The van der Waals surface area contributed by atoms with Crippen LogP contribution in [0.15, 0.2) is 22.7 Å². The fourth-order valence-corrected chi connectivity index (χ4v) is 3.20. The van der Waals surface area contributed by atoms with Gasteiger partial charge >= 0.3 is 0 Å². The molecule has 1 aliphatic carbocycles. The fraction of sp³-hybridized carbons (Fsp3) is 0.533. The number of amides is 1. The fourth-order valence-electron chi connectivity index (χ4n) is 2.42. The molecule has 4 nitrogen and oxygen atoms in total. The molecular weight excluding hydrogens is 358 g/mol. The van der Waals surface area contributed by atoms with Crippen LogP contribution in [0.25, 0.3) is 0 Å². The van der Waals surface area contributed by atoms with E-state index in [0.717, 1.165) is 25.7 Å². The van der Waals surface area contributed by atoms with Gasteiger partial charge < -0.3 is 15.2 Å². The van der Waals surface area contributed by atoms with Crippen LogP contribution >= 0.6 is 27.5 Å². The Hall–Kier alpha value is -0.780. The lowest BCUT2D eigenvalue weighted by Crippen LogP contribution is -2.45. The third-order valence-corrected chi connectivity index (χ3v) is 4.55. The monoisotopic (exact) mass is 375 g/mol. The van der Waals surface area contributed by atoms with E-state index in [1.54, 1.807) is 25.1 Å². The molecule has 1 atom stereocenters. The van der Waals surface area contributed by atoms with Crippen LogP contribution in [0.3, 0.4) is 0 Å². The molecule has 0 bridgehead atoms. The number of hydrogen-bond donors (Lipinski definition) is 2. The van der Waals surface area contributed by atoms with E-state index in [0.29, 0.717) is 15.2 Å². The highest BCUT2D eigenvalue weighted by Gasteiger charge is 2.32. The van der Waals surface area contributed by atoms with Gasteiger partial charge in [-0.2, -0.15) is 0 Å². The second-order valence-corrected chi connectivity index (χ2v) is 6.77. The van der Waals surface area contributed by atoms with E-state index in [1.807, 2.05) is 0 Å². The number of carbonyl (C=O) groups is 1. The van der Waals surface area contributed by atoms with Crippen LogP contribution in [0.2, 0.25) is 5.02 Å². The Labute approximate surface area is 138 Å². The van der Waals surface area contributed by atoms with Gasteiger partial charge in [0, 0.05) is 11.6 Å². The number of hydrogen-bond acceptors (Lipinski definition) is 3. The number of halogens is 2. The summed E-state index contributed by atoms with van der Waals surface area (Å²) in [5.74, 6) is 0.318. The van der Waals surface area contributed by atoms with Gasteiger partial charge in [-0.1, -0.05) is 24.4 Å². The summed E-state index contributed by atoms with van der Waals surface area (Å²) in [7, 11) is 0. The van der Waals surface area contributed by atoms with E-state index in [-0.39, 0.29) is 12.5 Å². The molecule has 116 valence electrons. The minimum atomic E-state index is -0.754. The van der Waals surface area contributed by atoms with Crippen molar-refractivity contribution in [1.29, 1.82) is 0 Å². The van der Waals surface area contributed by atoms with Crippen LogP contribution in [0.1, 0.15) is 32.6 Å². The van der Waals surface area contributed by atoms with Crippen molar-refractivity contribution >= 4 is 33.4 Å². The van der Waals surface area contributed by atoms with Crippen molar-refractivity contribution in [2.75, 3.05) is 6.54 Å². The van der Waals surface area contributed by atoms with Crippen LogP contribution in [-0.2, 0) is 4.79 Å². The normalized spacial score (nSPS) is 18.3. The first-order valence-corrected chi connectivity index (χ1v) is 8.18. The van der Waals surface area contributed by atoms with E-state index in [1.165, 1.54) is 0 Å². The van der Waals surface area contributed by atoms with E-state index < -0.39 is 11.7 Å². The van der Waals surface area contributed by atoms with Gasteiger partial charge in [-0.3, -0.25) is 4.79 Å². The van der Waals surface area contributed by atoms with E-state index >= 15 is 0 Å². The lowest BCUT2D eigenvalue weighted by atomic mass is 10.0. The quantitative estimate of drug-likeness (QED) is 0.829. The molecular formula is C15H19BrClNO3. The summed E-state index contributed by atoms with van der Waals surface area (Å²) in [6.45, 7) is 1.95. The van der Waals surface area contributed by atoms with E-state index in [9.17, 15) is 9.90 Å². The molecule has 2 rings (SSSR count). The molecule has 0 spiro atoms. The third kappa shape index (κ3) is 4.59. The first-order valence-electron chi connectivity index (χ1n) is 7.01. The Morgan fingerprint density at radius 1 is 1.52 bits per heavy atom. The van der Waals surface area contributed by atoms with Crippen molar-refractivity contribution in [2.45, 2.75) is 44.3 Å². The maximum absolute atomic E-state index is 12.0. The molecule has 1 aromatic carbocycles. The Bertz CT molecular complexity index is 518. The molecule has 1 saturated carbocycles. The molecule has 0 aromatic heterocycles. The second kappa shape index (κ2) is 6.99. The van der Waals surface area contributed by atoms with Gasteiger partial charge in [0.25, 0.3) is 5.91 Å². The molecule has 1 aliphatic rings. The molecule has 0 saturated heterocycles. The Balaban J connectivity index is 1.87. The summed E-state index contributed by atoms with van der Waals surface area (Å²) >= 11 is 9.21. The van der Waals surface area contributed by atoms with Gasteiger partial charge in [0.2, 0.25) is 0 Å². The summed E-state index contributed by atoms with van der Waals surface area (Å²) < 4.78 is 6.31. The molecule has 1 unspecified atom stereocenters. The molecule has 6 heteroatoms. The first-order chi connectivity index (χ1) is 9.89. The molecule has 0 aliphatic heterocycles. The summed E-state index contributed by atoms with van der Waals surface area (Å²) in [6, 6.07) is 5.12.